The third-order valence-electron chi connectivity index (χ3n) is 3.72. The van der Waals surface area contributed by atoms with E-state index in [2.05, 4.69) is 46.4 Å². The second-order valence-corrected chi connectivity index (χ2v) is 7.61. The first-order valence-corrected chi connectivity index (χ1v) is 8.84. The fraction of sp³-hybridized carbons (Fsp3) is 0.571. The zero-order valence-electron chi connectivity index (χ0n) is 10.9. The molecule has 0 saturated carbocycles. The zero-order chi connectivity index (χ0) is 13.1. The van der Waals surface area contributed by atoms with Crippen LogP contribution in [0, 0.1) is 0 Å². The van der Waals surface area contributed by atoms with Gasteiger partial charge in [-0.25, -0.2) is 0 Å². The molecule has 1 aromatic rings. The Kier molecular flexibility index (Phi) is 4.98. The quantitative estimate of drug-likeness (QED) is 0.898. The van der Waals surface area contributed by atoms with Crippen LogP contribution in [0.25, 0.3) is 0 Å². The summed E-state index contributed by atoms with van der Waals surface area (Å²) in [5.74, 6) is 0. The lowest BCUT2D eigenvalue weighted by atomic mass is 10.1. The molecule has 0 bridgehead atoms. The van der Waals surface area contributed by atoms with E-state index < -0.39 is 10.8 Å². The van der Waals surface area contributed by atoms with Gasteiger partial charge in [-0.3, -0.25) is 4.21 Å². The Bertz CT molecular complexity index is 449. The molecule has 2 rings (SSSR count). The first-order valence-electron chi connectivity index (χ1n) is 6.42. The van der Waals surface area contributed by atoms with Gasteiger partial charge in [-0.15, -0.1) is 0 Å². The molecule has 0 unspecified atom stereocenters. The molecule has 0 radical (unpaired) electrons. The van der Waals surface area contributed by atoms with Crippen molar-refractivity contribution in [3.05, 3.63) is 33.8 Å². The van der Waals surface area contributed by atoms with Gasteiger partial charge in [-0.2, -0.15) is 0 Å². The van der Waals surface area contributed by atoms with Crippen LogP contribution in [0.1, 0.15) is 36.9 Å². The standard InChI is InChI=1S/C14H20BrNOS/c1-10(18(2)17)8-9-16-14-7-6-11-12(14)4-3-5-13(11)15/h3-5,10,14,16H,6-9H2,1-2H3/t10-,14+,18-/m0/s1. The van der Waals surface area contributed by atoms with Crippen LogP contribution in [0.2, 0.25) is 0 Å². The van der Waals surface area contributed by atoms with E-state index in [0.29, 0.717) is 6.04 Å². The van der Waals surface area contributed by atoms with Crippen molar-refractivity contribution < 1.29 is 4.21 Å². The highest BCUT2D eigenvalue weighted by molar-refractivity contribution is 9.10. The van der Waals surface area contributed by atoms with Gasteiger partial charge in [0.15, 0.2) is 0 Å². The van der Waals surface area contributed by atoms with E-state index in [0.717, 1.165) is 19.4 Å². The van der Waals surface area contributed by atoms with Crippen LogP contribution in [-0.2, 0) is 17.2 Å². The molecule has 0 amide bonds. The monoisotopic (exact) mass is 329 g/mol. The van der Waals surface area contributed by atoms with E-state index >= 15 is 0 Å². The molecule has 0 aliphatic heterocycles. The fourth-order valence-electron chi connectivity index (χ4n) is 2.45. The van der Waals surface area contributed by atoms with Crippen LogP contribution in [0.4, 0.5) is 0 Å². The predicted molar refractivity (Wildman–Crippen MR) is 81.4 cm³/mol. The van der Waals surface area contributed by atoms with Crippen LogP contribution < -0.4 is 5.32 Å². The number of hydrogen-bond acceptors (Lipinski definition) is 2. The molecule has 1 aliphatic rings. The topological polar surface area (TPSA) is 29.1 Å². The number of benzene rings is 1. The maximum absolute atomic E-state index is 11.3. The van der Waals surface area contributed by atoms with Gasteiger partial charge in [0.2, 0.25) is 0 Å². The summed E-state index contributed by atoms with van der Waals surface area (Å²) >= 11 is 3.62. The Hall–Kier alpha value is -0.190. The van der Waals surface area contributed by atoms with Crippen molar-refractivity contribution in [1.29, 1.82) is 0 Å². The Morgan fingerprint density at radius 2 is 2.33 bits per heavy atom. The Morgan fingerprint density at radius 1 is 1.56 bits per heavy atom. The van der Waals surface area contributed by atoms with Gasteiger partial charge in [0.1, 0.15) is 0 Å². The van der Waals surface area contributed by atoms with Crippen molar-refractivity contribution in [1.82, 2.24) is 5.32 Å². The van der Waals surface area contributed by atoms with Crippen molar-refractivity contribution in [2.75, 3.05) is 12.8 Å². The van der Waals surface area contributed by atoms with E-state index in [1.165, 1.54) is 22.0 Å². The van der Waals surface area contributed by atoms with Crippen LogP contribution in [0.15, 0.2) is 22.7 Å². The number of hydrogen-bond donors (Lipinski definition) is 1. The second-order valence-electron chi connectivity index (χ2n) is 4.95. The highest BCUT2D eigenvalue weighted by Crippen LogP contribution is 2.35. The molecule has 100 valence electrons. The molecule has 0 fully saturated rings. The Morgan fingerprint density at radius 3 is 3.06 bits per heavy atom. The third kappa shape index (κ3) is 3.22. The van der Waals surface area contributed by atoms with E-state index in [-0.39, 0.29) is 5.25 Å². The molecule has 0 spiro atoms. The third-order valence-corrected chi connectivity index (χ3v) is 5.83. The van der Waals surface area contributed by atoms with E-state index in [1.54, 1.807) is 6.26 Å². The Balaban J connectivity index is 1.90. The van der Waals surface area contributed by atoms with Crippen molar-refractivity contribution in [2.45, 2.75) is 37.5 Å². The maximum atomic E-state index is 11.3. The molecule has 4 heteroatoms. The number of fused-ring (bicyclic) bond motifs is 1. The van der Waals surface area contributed by atoms with Crippen LogP contribution in [0.3, 0.4) is 0 Å². The van der Waals surface area contributed by atoms with Gasteiger partial charge in [0.25, 0.3) is 0 Å². The lowest BCUT2D eigenvalue weighted by molar-refractivity contribution is 0.518. The summed E-state index contributed by atoms with van der Waals surface area (Å²) in [4.78, 5) is 0. The van der Waals surface area contributed by atoms with Crippen molar-refractivity contribution in [3.8, 4) is 0 Å². The molecule has 0 saturated heterocycles. The predicted octanol–water partition coefficient (Wildman–Crippen LogP) is 3.18. The Labute approximate surface area is 120 Å². The molecular weight excluding hydrogens is 310 g/mol. The minimum atomic E-state index is -0.710. The first kappa shape index (κ1) is 14.2. The van der Waals surface area contributed by atoms with Crippen LogP contribution >= 0.6 is 15.9 Å². The number of nitrogens with one attached hydrogen (secondary N) is 1. The average molecular weight is 330 g/mol. The van der Waals surface area contributed by atoms with Crippen molar-refractivity contribution >= 4 is 26.7 Å². The summed E-state index contributed by atoms with van der Waals surface area (Å²) in [7, 11) is -0.710. The van der Waals surface area contributed by atoms with E-state index in [9.17, 15) is 4.21 Å². The van der Waals surface area contributed by atoms with Crippen molar-refractivity contribution in [3.63, 3.8) is 0 Å². The van der Waals surface area contributed by atoms with Crippen LogP contribution in [-0.4, -0.2) is 22.3 Å². The molecular formula is C14H20BrNOS. The summed E-state index contributed by atoms with van der Waals surface area (Å²) in [5, 5.41) is 3.87. The van der Waals surface area contributed by atoms with Gasteiger partial charge in [0, 0.05) is 32.8 Å². The SMILES string of the molecule is C[C@@H](CCN[C@@H]1CCc2c(Br)cccc21)[S@](C)=O. The highest BCUT2D eigenvalue weighted by atomic mass is 79.9. The minimum absolute atomic E-state index is 0.279. The van der Waals surface area contributed by atoms with Gasteiger partial charge < -0.3 is 5.32 Å². The molecule has 0 heterocycles. The molecule has 1 N–H and O–H groups in total. The van der Waals surface area contributed by atoms with Crippen molar-refractivity contribution in [2.24, 2.45) is 0 Å². The molecule has 1 aliphatic carbocycles. The molecule has 1 aromatic carbocycles. The smallest absolute Gasteiger partial charge is 0.0329 e. The lowest BCUT2D eigenvalue weighted by Gasteiger charge is -2.15. The summed E-state index contributed by atoms with van der Waals surface area (Å²) in [5.41, 5.74) is 2.87. The van der Waals surface area contributed by atoms with E-state index in [4.69, 9.17) is 0 Å². The van der Waals surface area contributed by atoms with Gasteiger partial charge in [0.05, 0.1) is 0 Å². The van der Waals surface area contributed by atoms with Gasteiger partial charge >= 0.3 is 0 Å². The lowest BCUT2D eigenvalue weighted by Crippen LogP contribution is -2.24. The molecule has 18 heavy (non-hydrogen) atoms. The first-order chi connectivity index (χ1) is 8.59. The maximum Gasteiger partial charge on any atom is 0.0329 e. The van der Waals surface area contributed by atoms with Gasteiger partial charge in [-0.1, -0.05) is 35.0 Å². The molecule has 0 aromatic heterocycles. The fourth-order valence-corrected chi connectivity index (χ4v) is 3.48. The summed E-state index contributed by atoms with van der Waals surface area (Å²) in [6, 6.07) is 6.90. The zero-order valence-corrected chi connectivity index (χ0v) is 13.3. The van der Waals surface area contributed by atoms with Crippen LogP contribution in [0.5, 0.6) is 0 Å². The average Bonchev–Trinajstić information content (AvgIpc) is 2.74. The largest absolute Gasteiger partial charge is 0.310 e. The summed E-state index contributed by atoms with van der Waals surface area (Å²) in [6.45, 7) is 2.99. The number of rotatable bonds is 5. The molecule has 3 atom stereocenters. The van der Waals surface area contributed by atoms with E-state index in [1.807, 2.05) is 0 Å². The highest BCUT2D eigenvalue weighted by Gasteiger charge is 2.23. The second kappa shape index (κ2) is 6.31. The minimum Gasteiger partial charge on any atom is -0.310 e. The summed E-state index contributed by atoms with van der Waals surface area (Å²) in [6.07, 6.45) is 5.07. The number of halogens is 1. The summed E-state index contributed by atoms with van der Waals surface area (Å²) < 4.78 is 12.5. The normalized spacial score (nSPS) is 21.6. The molecule has 2 nitrogen and oxygen atoms in total. The van der Waals surface area contributed by atoms with Gasteiger partial charge in [-0.05, 0) is 43.0 Å².